The van der Waals surface area contributed by atoms with E-state index in [1.807, 2.05) is 38.1 Å². The van der Waals surface area contributed by atoms with Crippen molar-refractivity contribution in [2.75, 3.05) is 32.9 Å². The number of nitrogens with one attached hydrogen (secondary N) is 1. The number of furan rings is 1. The molecule has 1 aliphatic heterocycles. The highest BCUT2D eigenvalue weighted by atomic mass is 79.9. The average Bonchev–Trinajstić information content (AvgIpc) is 3.65. The van der Waals surface area contributed by atoms with E-state index in [9.17, 15) is 19.7 Å². The molecule has 2 aromatic heterocycles. The normalized spacial score (nSPS) is 13.2. The van der Waals surface area contributed by atoms with Gasteiger partial charge in [-0.2, -0.15) is 5.10 Å². The standard InChI is InChI=1S/C31H30BrN5O8/c1-20-3-4-21(2)36(20)23-5-7-24(8-6-23)43-18-25-9-10-28(45-25)31(39)34-33-17-22-15-26(32)30(27(16-22)37(40)41)44-19-29(38)35-11-13-42-14-12-35/h3-10,15-17H,11-14,18-19H2,1-2H3,(H,34,39)/b33-17+. The summed E-state index contributed by atoms with van der Waals surface area (Å²) < 4.78 is 24.5. The second-order valence-electron chi connectivity index (χ2n) is 10.1. The van der Waals surface area contributed by atoms with Crippen LogP contribution in [0.4, 0.5) is 5.69 Å². The van der Waals surface area contributed by atoms with E-state index >= 15 is 0 Å². The van der Waals surface area contributed by atoms with Crippen LogP contribution in [-0.2, 0) is 16.1 Å². The van der Waals surface area contributed by atoms with Crippen molar-refractivity contribution < 1.29 is 33.1 Å². The Morgan fingerprint density at radius 1 is 1.04 bits per heavy atom. The molecule has 0 atom stereocenters. The van der Waals surface area contributed by atoms with E-state index in [1.54, 1.807) is 11.0 Å². The Morgan fingerprint density at radius 3 is 2.44 bits per heavy atom. The number of aromatic nitrogens is 1. The fraction of sp³-hybridized carbons (Fsp3) is 0.258. The summed E-state index contributed by atoms with van der Waals surface area (Å²) in [5.74, 6) is 0.0965. The number of benzene rings is 2. The van der Waals surface area contributed by atoms with Gasteiger partial charge in [-0.3, -0.25) is 19.7 Å². The van der Waals surface area contributed by atoms with Gasteiger partial charge in [-0.05, 0) is 84.4 Å². The lowest BCUT2D eigenvalue weighted by atomic mass is 10.2. The van der Waals surface area contributed by atoms with Crippen LogP contribution in [0.2, 0.25) is 0 Å². The Labute approximate surface area is 266 Å². The number of hydrogen-bond acceptors (Lipinski definition) is 9. The zero-order valence-electron chi connectivity index (χ0n) is 24.5. The SMILES string of the molecule is Cc1ccc(C)n1-c1ccc(OCc2ccc(C(=O)N/N=C/c3cc(Br)c(OCC(=O)N4CCOCC4)c([N+](=O)[O-])c3)o2)cc1. The minimum absolute atomic E-state index is 0.0144. The van der Waals surface area contributed by atoms with Gasteiger partial charge in [-0.15, -0.1) is 0 Å². The summed E-state index contributed by atoms with van der Waals surface area (Å²) in [7, 11) is 0. The Hall–Kier alpha value is -4.95. The average molecular weight is 681 g/mol. The molecule has 1 aliphatic rings. The van der Waals surface area contributed by atoms with Crippen molar-refractivity contribution >= 4 is 39.6 Å². The van der Waals surface area contributed by atoms with Gasteiger partial charge in [0.2, 0.25) is 5.75 Å². The monoisotopic (exact) mass is 679 g/mol. The minimum atomic E-state index is -0.625. The fourth-order valence-electron chi connectivity index (χ4n) is 4.71. The van der Waals surface area contributed by atoms with Crippen LogP contribution >= 0.6 is 15.9 Å². The van der Waals surface area contributed by atoms with E-state index in [0.29, 0.717) is 43.4 Å². The minimum Gasteiger partial charge on any atom is -0.486 e. The van der Waals surface area contributed by atoms with Crippen LogP contribution < -0.4 is 14.9 Å². The molecule has 13 nitrogen and oxygen atoms in total. The summed E-state index contributed by atoms with van der Waals surface area (Å²) in [5.41, 5.74) is 5.58. The summed E-state index contributed by atoms with van der Waals surface area (Å²) >= 11 is 3.27. The van der Waals surface area contributed by atoms with Crippen LogP contribution in [0.5, 0.6) is 11.5 Å². The van der Waals surface area contributed by atoms with Crippen molar-refractivity contribution in [1.29, 1.82) is 0 Å². The first kappa shape index (κ1) is 31.5. The maximum Gasteiger partial charge on any atom is 0.312 e. The number of halogens is 1. The maximum atomic E-state index is 12.6. The molecule has 1 N–H and O–H groups in total. The van der Waals surface area contributed by atoms with Gasteiger partial charge >= 0.3 is 11.6 Å². The molecule has 0 spiro atoms. The lowest BCUT2D eigenvalue weighted by Gasteiger charge is -2.26. The molecule has 4 aromatic rings. The van der Waals surface area contributed by atoms with Crippen LogP contribution in [0, 0.1) is 24.0 Å². The number of hydrogen-bond donors (Lipinski definition) is 1. The molecule has 0 bridgehead atoms. The third-order valence-electron chi connectivity index (χ3n) is 6.96. The van der Waals surface area contributed by atoms with E-state index < -0.39 is 10.8 Å². The van der Waals surface area contributed by atoms with Crippen molar-refractivity contribution in [1.82, 2.24) is 14.9 Å². The number of morpholine rings is 1. The van der Waals surface area contributed by atoms with Gasteiger partial charge in [-0.1, -0.05) is 0 Å². The van der Waals surface area contributed by atoms with E-state index in [2.05, 4.69) is 43.2 Å². The van der Waals surface area contributed by atoms with E-state index in [1.165, 1.54) is 24.4 Å². The highest BCUT2D eigenvalue weighted by Gasteiger charge is 2.23. The number of ether oxygens (including phenoxy) is 3. The maximum absolute atomic E-state index is 12.6. The summed E-state index contributed by atoms with van der Waals surface area (Å²) in [6.07, 6.45) is 1.24. The van der Waals surface area contributed by atoms with E-state index in [-0.39, 0.29) is 40.8 Å². The Morgan fingerprint density at radius 2 is 1.76 bits per heavy atom. The molecule has 1 saturated heterocycles. The van der Waals surface area contributed by atoms with Gasteiger partial charge in [-0.25, -0.2) is 5.43 Å². The quantitative estimate of drug-likeness (QED) is 0.133. The molecular formula is C31H30BrN5O8. The molecule has 45 heavy (non-hydrogen) atoms. The zero-order valence-corrected chi connectivity index (χ0v) is 26.1. The molecule has 2 aromatic carbocycles. The van der Waals surface area contributed by atoms with Crippen molar-refractivity contribution in [3.8, 4) is 17.2 Å². The lowest BCUT2D eigenvalue weighted by molar-refractivity contribution is -0.385. The van der Waals surface area contributed by atoms with Gasteiger partial charge in [0.05, 0.1) is 28.8 Å². The largest absolute Gasteiger partial charge is 0.486 e. The zero-order chi connectivity index (χ0) is 31.9. The summed E-state index contributed by atoms with van der Waals surface area (Å²) in [4.78, 5) is 37.6. The molecular weight excluding hydrogens is 650 g/mol. The molecule has 234 valence electrons. The third kappa shape index (κ3) is 7.77. The molecule has 2 amide bonds. The van der Waals surface area contributed by atoms with Crippen LogP contribution in [-0.4, -0.2) is 65.3 Å². The number of nitro benzene ring substituents is 1. The number of rotatable bonds is 11. The smallest absolute Gasteiger partial charge is 0.312 e. The Kier molecular flexibility index (Phi) is 9.95. The summed E-state index contributed by atoms with van der Waals surface area (Å²) in [6, 6.07) is 17.7. The lowest BCUT2D eigenvalue weighted by Crippen LogP contribution is -2.43. The van der Waals surface area contributed by atoms with Crippen molar-refractivity contribution in [3.05, 3.63) is 104 Å². The van der Waals surface area contributed by atoms with Crippen molar-refractivity contribution in [3.63, 3.8) is 0 Å². The van der Waals surface area contributed by atoms with Crippen molar-refractivity contribution in [2.24, 2.45) is 5.10 Å². The molecule has 14 heteroatoms. The molecule has 0 aliphatic carbocycles. The highest BCUT2D eigenvalue weighted by molar-refractivity contribution is 9.10. The predicted octanol–water partition coefficient (Wildman–Crippen LogP) is 4.94. The van der Waals surface area contributed by atoms with Gasteiger partial charge < -0.3 is 28.1 Å². The molecule has 0 unspecified atom stereocenters. The Balaban J connectivity index is 1.15. The van der Waals surface area contributed by atoms with Crippen LogP contribution in [0.1, 0.15) is 33.3 Å². The van der Waals surface area contributed by atoms with Crippen LogP contribution in [0.3, 0.4) is 0 Å². The molecule has 0 saturated carbocycles. The number of aryl methyl sites for hydroxylation is 2. The Bertz CT molecular complexity index is 1700. The molecule has 1 fully saturated rings. The van der Waals surface area contributed by atoms with Crippen molar-refractivity contribution in [2.45, 2.75) is 20.5 Å². The topological polar surface area (TPSA) is 151 Å². The molecule has 5 rings (SSSR count). The first-order valence-electron chi connectivity index (χ1n) is 14.0. The highest BCUT2D eigenvalue weighted by Crippen LogP contribution is 2.36. The fourth-order valence-corrected chi connectivity index (χ4v) is 5.29. The number of carbonyl (C=O) groups excluding carboxylic acids is 2. The van der Waals surface area contributed by atoms with Gasteiger partial charge in [0.1, 0.15) is 18.1 Å². The predicted molar refractivity (Wildman–Crippen MR) is 167 cm³/mol. The number of nitro groups is 1. The first-order chi connectivity index (χ1) is 21.7. The number of hydrazone groups is 1. The second kappa shape index (κ2) is 14.2. The van der Waals surface area contributed by atoms with Gasteiger partial charge in [0, 0.05) is 41.8 Å². The molecule has 0 radical (unpaired) electrons. The van der Waals surface area contributed by atoms with Crippen LogP contribution in [0.25, 0.3) is 5.69 Å². The van der Waals surface area contributed by atoms with Crippen LogP contribution in [0.15, 0.2) is 74.7 Å². The summed E-state index contributed by atoms with van der Waals surface area (Å²) in [6.45, 7) is 5.57. The van der Waals surface area contributed by atoms with E-state index in [4.69, 9.17) is 18.6 Å². The number of nitrogens with zero attached hydrogens (tertiary/aromatic N) is 4. The summed E-state index contributed by atoms with van der Waals surface area (Å²) in [5, 5.41) is 15.6. The third-order valence-corrected chi connectivity index (χ3v) is 7.55. The van der Waals surface area contributed by atoms with E-state index in [0.717, 1.165) is 17.1 Å². The number of amides is 2. The van der Waals surface area contributed by atoms with Gasteiger partial charge in [0.15, 0.2) is 12.4 Å². The molecule has 3 heterocycles. The van der Waals surface area contributed by atoms with Gasteiger partial charge in [0.25, 0.3) is 5.91 Å². The number of carbonyl (C=O) groups is 2. The first-order valence-corrected chi connectivity index (χ1v) is 14.8. The second-order valence-corrected chi connectivity index (χ2v) is 10.9.